The van der Waals surface area contributed by atoms with E-state index >= 15 is 0 Å². The van der Waals surface area contributed by atoms with Gasteiger partial charge in [0.2, 0.25) is 5.75 Å². The van der Waals surface area contributed by atoms with Crippen LogP contribution in [-0.4, -0.2) is 10.2 Å². The third-order valence-corrected chi connectivity index (χ3v) is 2.59. The monoisotopic (exact) mass is 252 g/mol. The van der Waals surface area contributed by atoms with Crippen molar-refractivity contribution in [1.29, 1.82) is 0 Å². The molecule has 88 valence electrons. The molecule has 0 amide bonds. The molecule has 0 saturated heterocycles. The van der Waals surface area contributed by atoms with Crippen LogP contribution >= 0.6 is 11.6 Å². The quantitative estimate of drug-likeness (QED) is 0.860. The highest BCUT2D eigenvalue weighted by Gasteiger charge is 2.12. The number of halogens is 1. The van der Waals surface area contributed by atoms with Crippen LogP contribution in [0, 0.1) is 0 Å². The molecule has 2 aromatic rings. The maximum atomic E-state index is 10.9. The smallest absolute Gasteiger partial charge is 0.382 e. The average Bonchev–Trinajstić information content (AvgIpc) is 2.33. The number of aromatic hydroxyl groups is 2. The van der Waals surface area contributed by atoms with E-state index in [4.69, 9.17) is 11.6 Å². The van der Waals surface area contributed by atoms with E-state index in [9.17, 15) is 15.0 Å². The summed E-state index contributed by atoms with van der Waals surface area (Å²) < 4.78 is 4.57. The summed E-state index contributed by atoms with van der Waals surface area (Å²) in [7, 11) is 0. The summed E-state index contributed by atoms with van der Waals surface area (Å²) >= 11 is 5.74. The zero-order valence-electron chi connectivity index (χ0n) is 8.68. The Balaban J connectivity index is 2.34. The Morgan fingerprint density at radius 3 is 2.41 bits per heavy atom. The van der Waals surface area contributed by atoms with Crippen LogP contribution in [-0.2, 0) is 6.42 Å². The van der Waals surface area contributed by atoms with Crippen LogP contribution in [0.15, 0.2) is 39.7 Å². The lowest BCUT2D eigenvalue weighted by Gasteiger charge is -2.04. The molecule has 0 unspecified atom stereocenters. The van der Waals surface area contributed by atoms with Crippen molar-refractivity contribution in [1.82, 2.24) is 0 Å². The van der Waals surface area contributed by atoms with Gasteiger partial charge in [0.05, 0.1) is 0 Å². The second kappa shape index (κ2) is 4.51. The standard InChI is InChI=1S/C12H9ClO4/c13-9-3-1-7(2-4-9)5-8-6-17-12(16)11(15)10(8)14/h1-4,6,14-15H,5H2. The third kappa shape index (κ3) is 2.42. The average molecular weight is 253 g/mol. The van der Waals surface area contributed by atoms with E-state index in [0.29, 0.717) is 17.0 Å². The van der Waals surface area contributed by atoms with Crippen molar-refractivity contribution >= 4 is 11.6 Å². The van der Waals surface area contributed by atoms with Crippen LogP contribution in [0.4, 0.5) is 0 Å². The van der Waals surface area contributed by atoms with Crippen molar-refractivity contribution in [3.05, 3.63) is 57.1 Å². The molecule has 0 radical (unpaired) electrons. The number of benzene rings is 1. The zero-order chi connectivity index (χ0) is 12.4. The molecule has 2 N–H and O–H groups in total. The van der Waals surface area contributed by atoms with Gasteiger partial charge in [-0.15, -0.1) is 0 Å². The van der Waals surface area contributed by atoms with Crippen LogP contribution in [0.5, 0.6) is 11.5 Å². The van der Waals surface area contributed by atoms with E-state index in [1.807, 2.05) is 0 Å². The molecule has 1 aromatic carbocycles. The maximum Gasteiger partial charge on any atom is 0.382 e. The van der Waals surface area contributed by atoms with Crippen LogP contribution in [0.1, 0.15) is 11.1 Å². The Morgan fingerprint density at radius 1 is 1.12 bits per heavy atom. The number of hydrogen-bond acceptors (Lipinski definition) is 4. The molecular formula is C12H9ClO4. The Morgan fingerprint density at radius 2 is 1.76 bits per heavy atom. The van der Waals surface area contributed by atoms with Gasteiger partial charge < -0.3 is 14.6 Å². The van der Waals surface area contributed by atoms with Gasteiger partial charge in [0, 0.05) is 17.0 Å². The van der Waals surface area contributed by atoms with Crippen molar-refractivity contribution < 1.29 is 14.6 Å². The van der Waals surface area contributed by atoms with Gasteiger partial charge in [-0.05, 0) is 17.7 Å². The second-order valence-corrected chi connectivity index (χ2v) is 3.99. The number of hydrogen-bond donors (Lipinski definition) is 2. The first-order valence-electron chi connectivity index (χ1n) is 4.85. The fourth-order valence-corrected chi connectivity index (χ4v) is 1.56. The molecule has 0 aliphatic heterocycles. The molecule has 0 aliphatic carbocycles. The van der Waals surface area contributed by atoms with Gasteiger partial charge in [0.15, 0.2) is 5.75 Å². The highest BCUT2D eigenvalue weighted by Crippen LogP contribution is 2.26. The van der Waals surface area contributed by atoms with E-state index in [1.165, 1.54) is 0 Å². The normalized spacial score (nSPS) is 10.4. The van der Waals surface area contributed by atoms with Crippen LogP contribution in [0.25, 0.3) is 0 Å². The number of rotatable bonds is 2. The van der Waals surface area contributed by atoms with Gasteiger partial charge >= 0.3 is 5.63 Å². The fraction of sp³-hybridized carbons (Fsp3) is 0.0833. The summed E-state index contributed by atoms with van der Waals surface area (Å²) in [6.45, 7) is 0. The van der Waals surface area contributed by atoms with E-state index in [2.05, 4.69) is 4.42 Å². The SMILES string of the molecule is O=c1occ(Cc2ccc(Cl)cc2)c(O)c1O. The molecule has 0 atom stereocenters. The van der Waals surface area contributed by atoms with Crippen LogP contribution in [0.3, 0.4) is 0 Å². The van der Waals surface area contributed by atoms with Gasteiger partial charge in [-0.3, -0.25) is 0 Å². The first-order valence-corrected chi connectivity index (χ1v) is 5.23. The summed E-state index contributed by atoms with van der Waals surface area (Å²) in [4.78, 5) is 10.9. The molecule has 4 nitrogen and oxygen atoms in total. The van der Waals surface area contributed by atoms with Gasteiger partial charge in [-0.1, -0.05) is 23.7 Å². The lowest BCUT2D eigenvalue weighted by molar-refractivity contribution is 0.359. The third-order valence-electron chi connectivity index (χ3n) is 2.34. The summed E-state index contributed by atoms with van der Waals surface area (Å²) in [6.07, 6.45) is 1.46. The first kappa shape index (κ1) is 11.5. The second-order valence-electron chi connectivity index (χ2n) is 3.55. The molecule has 0 aliphatic rings. The predicted molar refractivity (Wildman–Crippen MR) is 62.6 cm³/mol. The van der Waals surface area contributed by atoms with E-state index in [1.54, 1.807) is 24.3 Å². The fourth-order valence-electron chi connectivity index (χ4n) is 1.43. The molecule has 5 heteroatoms. The molecule has 0 spiro atoms. The maximum absolute atomic E-state index is 10.9. The molecule has 0 saturated carbocycles. The van der Waals surface area contributed by atoms with Crippen LogP contribution < -0.4 is 5.63 Å². The topological polar surface area (TPSA) is 70.7 Å². The lowest BCUT2D eigenvalue weighted by Crippen LogP contribution is -2.00. The van der Waals surface area contributed by atoms with E-state index in [-0.39, 0.29) is 0 Å². The Hall–Kier alpha value is -1.94. The summed E-state index contributed by atoms with van der Waals surface area (Å²) in [5, 5.41) is 19.4. The molecular weight excluding hydrogens is 244 g/mol. The minimum absolute atomic E-state index is 0.334. The minimum atomic E-state index is -0.956. The van der Waals surface area contributed by atoms with Gasteiger partial charge in [-0.2, -0.15) is 0 Å². The molecule has 17 heavy (non-hydrogen) atoms. The summed E-state index contributed by atoms with van der Waals surface area (Å²) in [6, 6.07) is 6.99. The Bertz CT molecular complexity index is 586. The van der Waals surface area contributed by atoms with Gasteiger partial charge in [0.25, 0.3) is 0 Å². The van der Waals surface area contributed by atoms with Crippen molar-refractivity contribution in [2.75, 3.05) is 0 Å². The lowest BCUT2D eigenvalue weighted by atomic mass is 10.1. The summed E-state index contributed by atoms with van der Waals surface area (Å²) in [5.74, 6) is -1.22. The van der Waals surface area contributed by atoms with Crippen molar-refractivity contribution in [3.8, 4) is 11.5 Å². The van der Waals surface area contributed by atoms with E-state index < -0.39 is 17.1 Å². The molecule has 2 rings (SSSR count). The van der Waals surface area contributed by atoms with Crippen molar-refractivity contribution in [3.63, 3.8) is 0 Å². The highest BCUT2D eigenvalue weighted by molar-refractivity contribution is 6.30. The molecule has 0 fully saturated rings. The summed E-state index contributed by atoms with van der Waals surface area (Å²) in [5.41, 5.74) is 0.254. The van der Waals surface area contributed by atoms with Gasteiger partial charge in [-0.25, -0.2) is 4.79 Å². The van der Waals surface area contributed by atoms with Gasteiger partial charge in [0.1, 0.15) is 6.26 Å². The predicted octanol–water partition coefficient (Wildman–Crippen LogP) is 2.30. The Labute approximate surface area is 102 Å². The van der Waals surface area contributed by atoms with Crippen LogP contribution in [0.2, 0.25) is 5.02 Å². The Kier molecular flexibility index (Phi) is 3.06. The van der Waals surface area contributed by atoms with Crippen molar-refractivity contribution in [2.45, 2.75) is 6.42 Å². The zero-order valence-corrected chi connectivity index (χ0v) is 9.44. The van der Waals surface area contributed by atoms with E-state index in [0.717, 1.165) is 11.8 Å². The first-order chi connectivity index (χ1) is 8.08. The van der Waals surface area contributed by atoms with Crippen molar-refractivity contribution in [2.24, 2.45) is 0 Å². The molecule has 1 aromatic heterocycles. The highest BCUT2D eigenvalue weighted by atomic mass is 35.5. The largest absolute Gasteiger partial charge is 0.504 e. The minimum Gasteiger partial charge on any atom is -0.504 e. The molecule has 0 bridgehead atoms. The molecule has 1 heterocycles.